The Kier molecular flexibility index (Phi) is 7.43. The highest BCUT2D eigenvalue weighted by atomic mass is 35.5. The summed E-state index contributed by atoms with van der Waals surface area (Å²) in [6, 6.07) is 11.5. The van der Waals surface area contributed by atoms with Crippen molar-refractivity contribution in [1.82, 2.24) is 9.88 Å². The van der Waals surface area contributed by atoms with Crippen LogP contribution in [0.3, 0.4) is 0 Å². The molecule has 158 valence electrons. The van der Waals surface area contributed by atoms with Gasteiger partial charge in [-0.3, -0.25) is 0 Å². The summed E-state index contributed by atoms with van der Waals surface area (Å²) in [4.78, 5) is 19.0. The number of benzene rings is 2. The molecule has 0 atom stereocenters. The van der Waals surface area contributed by atoms with Gasteiger partial charge in [0.1, 0.15) is 5.82 Å². The molecule has 3 rings (SSSR count). The number of methoxy groups -OCH3 is 2. The number of anilines is 1. The van der Waals surface area contributed by atoms with E-state index in [1.807, 2.05) is 24.3 Å². The Hall–Kier alpha value is -2.90. The largest absolute Gasteiger partial charge is 0.481 e. The molecule has 0 saturated heterocycles. The molecule has 0 fully saturated rings. The van der Waals surface area contributed by atoms with Crippen molar-refractivity contribution in [3.8, 4) is 5.88 Å². The van der Waals surface area contributed by atoms with E-state index < -0.39 is 5.82 Å². The van der Waals surface area contributed by atoms with E-state index in [9.17, 15) is 9.18 Å². The fourth-order valence-electron chi connectivity index (χ4n) is 3.15. The lowest BCUT2D eigenvalue weighted by molar-refractivity contribution is 0.172. The number of nitrogens with one attached hydrogen (secondary N) is 1. The Morgan fingerprint density at radius 2 is 1.97 bits per heavy atom. The number of rotatable bonds is 8. The first-order chi connectivity index (χ1) is 14.5. The number of urea groups is 1. The van der Waals surface area contributed by atoms with Gasteiger partial charge in [-0.05, 0) is 41.6 Å². The summed E-state index contributed by atoms with van der Waals surface area (Å²) in [5.41, 5.74) is 1.30. The Labute approximate surface area is 179 Å². The number of aromatic nitrogens is 1. The zero-order chi connectivity index (χ0) is 21.5. The smallest absolute Gasteiger partial charge is 0.322 e. The number of nitrogens with zero attached hydrogens (tertiary/aromatic N) is 2. The van der Waals surface area contributed by atoms with Gasteiger partial charge in [0.2, 0.25) is 5.88 Å². The molecule has 2 aromatic carbocycles. The topological polar surface area (TPSA) is 63.7 Å². The van der Waals surface area contributed by atoms with E-state index >= 15 is 0 Å². The first-order valence-electron chi connectivity index (χ1n) is 9.44. The molecule has 3 aromatic rings. The van der Waals surface area contributed by atoms with Crippen LogP contribution in [-0.4, -0.2) is 43.3 Å². The van der Waals surface area contributed by atoms with E-state index in [-0.39, 0.29) is 11.1 Å². The summed E-state index contributed by atoms with van der Waals surface area (Å²) in [6.07, 6.45) is 2.38. The highest BCUT2D eigenvalue weighted by Crippen LogP contribution is 2.27. The van der Waals surface area contributed by atoms with Gasteiger partial charge in [0.25, 0.3) is 0 Å². The van der Waals surface area contributed by atoms with Gasteiger partial charge in [0.05, 0.1) is 12.1 Å². The number of amides is 2. The van der Waals surface area contributed by atoms with Crippen molar-refractivity contribution in [2.75, 3.05) is 32.7 Å². The number of ether oxygens (including phenoxy) is 2. The summed E-state index contributed by atoms with van der Waals surface area (Å²) in [5.74, 6) is -0.00641. The number of halogens is 2. The van der Waals surface area contributed by atoms with Crippen LogP contribution >= 0.6 is 11.6 Å². The van der Waals surface area contributed by atoms with E-state index in [1.165, 1.54) is 18.2 Å². The molecule has 0 aliphatic carbocycles. The van der Waals surface area contributed by atoms with Crippen molar-refractivity contribution in [2.45, 2.75) is 13.0 Å². The molecule has 1 aromatic heterocycles. The summed E-state index contributed by atoms with van der Waals surface area (Å²) in [5, 5.41) is 4.56. The highest BCUT2D eigenvalue weighted by molar-refractivity contribution is 6.31. The second-order valence-corrected chi connectivity index (χ2v) is 7.07. The number of carbonyl (C=O) groups is 1. The molecule has 0 aliphatic rings. The van der Waals surface area contributed by atoms with Crippen molar-refractivity contribution in [2.24, 2.45) is 0 Å². The number of hydrogen-bond acceptors (Lipinski definition) is 4. The molecule has 2 amide bonds. The average molecular weight is 432 g/mol. The predicted octanol–water partition coefficient (Wildman–Crippen LogP) is 5.11. The first kappa shape index (κ1) is 21.8. The van der Waals surface area contributed by atoms with Gasteiger partial charge < -0.3 is 19.7 Å². The van der Waals surface area contributed by atoms with Gasteiger partial charge in [-0.15, -0.1) is 0 Å². The maximum atomic E-state index is 13.4. The molecule has 0 aliphatic heterocycles. The van der Waals surface area contributed by atoms with Crippen LogP contribution in [0.2, 0.25) is 5.02 Å². The quantitative estimate of drug-likeness (QED) is 0.503. The Balaban J connectivity index is 1.85. The SMILES string of the molecule is COCCCN(Cc1cnc(OC)c2ccccc12)C(=O)Nc1ccc(F)c(Cl)c1. The minimum absolute atomic E-state index is 0.0518. The lowest BCUT2D eigenvalue weighted by atomic mass is 10.1. The van der Waals surface area contributed by atoms with Gasteiger partial charge in [0.15, 0.2) is 0 Å². The number of pyridine rings is 1. The molecule has 1 heterocycles. The fourth-order valence-corrected chi connectivity index (χ4v) is 3.33. The lowest BCUT2D eigenvalue weighted by Gasteiger charge is -2.24. The maximum Gasteiger partial charge on any atom is 0.322 e. The van der Waals surface area contributed by atoms with Crippen LogP contribution in [0.15, 0.2) is 48.7 Å². The fraction of sp³-hybridized carbons (Fsp3) is 0.273. The second-order valence-electron chi connectivity index (χ2n) is 6.67. The van der Waals surface area contributed by atoms with Gasteiger partial charge in [0, 0.05) is 44.1 Å². The van der Waals surface area contributed by atoms with Crippen LogP contribution in [0, 0.1) is 5.82 Å². The Morgan fingerprint density at radius 1 is 1.20 bits per heavy atom. The zero-order valence-corrected chi connectivity index (χ0v) is 17.6. The molecular formula is C22H23ClFN3O3. The molecule has 0 spiro atoms. The van der Waals surface area contributed by atoms with Crippen molar-refractivity contribution in [3.05, 3.63) is 65.1 Å². The zero-order valence-electron chi connectivity index (χ0n) is 16.8. The molecule has 0 saturated carbocycles. The summed E-state index contributed by atoms with van der Waals surface area (Å²) < 4.78 is 23.9. The van der Waals surface area contributed by atoms with Gasteiger partial charge in [-0.25, -0.2) is 14.2 Å². The summed E-state index contributed by atoms with van der Waals surface area (Å²) in [6.45, 7) is 1.32. The molecule has 0 unspecified atom stereocenters. The van der Waals surface area contributed by atoms with Crippen LogP contribution in [0.25, 0.3) is 10.8 Å². The van der Waals surface area contributed by atoms with E-state index in [1.54, 1.807) is 25.3 Å². The Morgan fingerprint density at radius 3 is 2.67 bits per heavy atom. The minimum atomic E-state index is -0.539. The standard InChI is InChI=1S/C22H23ClFN3O3/c1-29-11-5-10-27(22(28)26-16-8-9-20(24)19(23)12-16)14-15-13-25-21(30-2)18-7-4-3-6-17(15)18/h3-4,6-9,12-13H,5,10-11,14H2,1-2H3,(H,26,28). The highest BCUT2D eigenvalue weighted by Gasteiger charge is 2.17. The summed E-state index contributed by atoms with van der Waals surface area (Å²) >= 11 is 5.83. The third kappa shape index (κ3) is 5.17. The van der Waals surface area contributed by atoms with E-state index in [0.717, 1.165) is 16.3 Å². The molecule has 8 heteroatoms. The van der Waals surface area contributed by atoms with Crippen LogP contribution in [-0.2, 0) is 11.3 Å². The predicted molar refractivity (Wildman–Crippen MR) is 116 cm³/mol. The lowest BCUT2D eigenvalue weighted by Crippen LogP contribution is -2.35. The van der Waals surface area contributed by atoms with Gasteiger partial charge >= 0.3 is 6.03 Å². The maximum absolute atomic E-state index is 13.4. The molecule has 1 N–H and O–H groups in total. The third-order valence-electron chi connectivity index (χ3n) is 4.63. The summed E-state index contributed by atoms with van der Waals surface area (Å²) in [7, 11) is 3.19. The molecular weight excluding hydrogens is 409 g/mol. The monoisotopic (exact) mass is 431 g/mol. The average Bonchev–Trinajstić information content (AvgIpc) is 2.75. The van der Waals surface area contributed by atoms with Crippen molar-refractivity contribution in [1.29, 1.82) is 0 Å². The van der Waals surface area contributed by atoms with Crippen LogP contribution in [0.1, 0.15) is 12.0 Å². The number of hydrogen-bond donors (Lipinski definition) is 1. The normalized spacial score (nSPS) is 10.8. The van der Waals surface area contributed by atoms with Crippen LogP contribution in [0.4, 0.5) is 14.9 Å². The molecule has 0 radical (unpaired) electrons. The number of carbonyl (C=O) groups excluding carboxylic acids is 1. The van der Waals surface area contributed by atoms with E-state index in [0.29, 0.717) is 37.7 Å². The second kappa shape index (κ2) is 10.2. The number of fused-ring (bicyclic) bond motifs is 1. The van der Waals surface area contributed by atoms with E-state index in [4.69, 9.17) is 21.1 Å². The van der Waals surface area contributed by atoms with E-state index in [2.05, 4.69) is 10.3 Å². The first-order valence-corrected chi connectivity index (χ1v) is 9.81. The van der Waals surface area contributed by atoms with Crippen molar-refractivity contribution in [3.63, 3.8) is 0 Å². The van der Waals surface area contributed by atoms with Crippen molar-refractivity contribution < 1.29 is 18.7 Å². The minimum Gasteiger partial charge on any atom is -0.481 e. The third-order valence-corrected chi connectivity index (χ3v) is 4.92. The van der Waals surface area contributed by atoms with Gasteiger partial charge in [-0.2, -0.15) is 0 Å². The van der Waals surface area contributed by atoms with Crippen molar-refractivity contribution >= 4 is 34.1 Å². The van der Waals surface area contributed by atoms with Crippen LogP contribution in [0.5, 0.6) is 5.88 Å². The molecule has 30 heavy (non-hydrogen) atoms. The van der Waals surface area contributed by atoms with Gasteiger partial charge in [-0.1, -0.05) is 29.8 Å². The van der Waals surface area contributed by atoms with Crippen LogP contribution < -0.4 is 10.1 Å². The molecule has 0 bridgehead atoms. The molecule has 6 nitrogen and oxygen atoms in total. The Bertz CT molecular complexity index is 1030.